The van der Waals surface area contributed by atoms with Crippen molar-refractivity contribution in [3.8, 4) is 5.75 Å². The molecule has 128 valence electrons. The summed E-state index contributed by atoms with van der Waals surface area (Å²) in [6.07, 6.45) is 0. The van der Waals surface area contributed by atoms with Crippen molar-refractivity contribution in [2.75, 3.05) is 26.7 Å². The summed E-state index contributed by atoms with van der Waals surface area (Å²) in [5, 5.41) is 5.01. The minimum Gasteiger partial charge on any atom is -0.492 e. The maximum Gasteiger partial charge on any atom is 0.321 e. The van der Waals surface area contributed by atoms with Crippen molar-refractivity contribution in [3.63, 3.8) is 0 Å². The van der Waals surface area contributed by atoms with Crippen LogP contribution in [0, 0.1) is 5.92 Å². The maximum atomic E-state index is 12.0. The number of para-hydroxylation sites is 1. The SMILES string of the molecule is CC(C)CNC(=O)NC(=O)C(C)N(C)CCOc1ccccc1. The van der Waals surface area contributed by atoms with Crippen LogP contribution < -0.4 is 15.4 Å². The van der Waals surface area contributed by atoms with E-state index in [1.54, 1.807) is 6.92 Å². The Balaban J connectivity index is 2.30. The van der Waals surface area contributed by atoms with Crippen LogP contribution in [0.4, 0.5) is 4.79 Å². The van der Waals surface area contributed by atoms with Gasteiger partial charge in [0.15, 0.2) is 0 Å². The van der Waals surface area contributed by atoms with E-state index in [1.807, 2.05) is 56.1 Å². The fraction of sp³-hybridized carbons (Fsp3) is 0.529. The standard InChI is InChI=1S/C17H27N3O3/c1-13(2)12-18-17(22)19-16(21)14(3)20(4)10-11-23-15-8-6-5-7-9-15/h5-9,13-14H,10-12H2,1-4H3,(H2,18,19,21,22). The number of nitrogens with zero attached hydrogens (tertiary/aromatic N) is 1. The first-order chi connectivity index (χ1) is 10.9. The van der Waals surface area contributed by atoms with Crippen molar-refractivity contribution in [2.45, 2.75) is 26.8 Å². The monoisotopic (exact) mass is 321 g/mol. The predicted octanol–water partition coefficient (Wildman–Crippen LogP) is 1.87. The minimum absolute atomic E-state index is 0.325. The van der Waals surface area contributed by atoms with E-state index < -0.39 is 12.1 Å². The fourth-order valence-electron chi connectivity index (χ4n) is 1.78. The molecule has 0 aromatic heterocycles. The lowest BCUT2D eigenvalue weighted by molar-refractivity contribution is -0.124. The molecular formula is C17H27N3O3. The predicted molar refractivity (Wildman–Crippen MR) is 90.4 cm³/mol. The van der Waals surface area contributed by atoms with Gasteiger partial charge in [0.1, 0.15) is 12.4 Å². The van der Waals surface area contributed by atoms with E-state index in [4.69, 9.17) is 4.74 Å². The van der Waals surface area contributed by atoms with Crippen LogP contribution >= 0.6 is 0 Å². The molecule has 23 heavy (non-hydrogen) atoms. The number of urea groups is 1. The molecule has 0 saturated carbocycles. The summed E-state index contributed by atoms with van der Waals surface area (Å²) in [5.41, 5.74) is 0. The Morgan fingerprint density at radius 3 is 2.43 bits per heavy atom. The highest BCUT2D eigenvalue weighted by Gasteiger charge is 2.19. The average molecular weight is 321 g/mol. The number of ether oxygens (including phenoxy) is 1. The van der Waals surface area contributed by atoms with Crippen molar-refractivity contribution in [3.05, 3.63) is 30.3 Å². The lowest BCUT2D eigenvalue weighted by atomic mass is 10.2. The molecule has 0 spiro atoms. The number of amides is 3. The summed E-state index contributed by atoms with van der Waals surface area (Å²) in [6.45, 7) is 7.33. The Hall–Kier alpha value is -2.08. The van der Waals surface area contributed by atoms with Crippen molar-refractivity contribution >= 4 is 11.9 Å². The summed E-state index contributed by atoms with van der Waals surface area (Å²) >= 11 is 0. The normalized spacial score (nSPS) is 12.1. The minimum atomic E-state index is -0.454. The summed E-state index contributed by atoms with van der Waals surface area (Å²) in [7, 11) is 1.82. The Bertz CT molecular complexity index is 491. The van der Waals surface area contributed by atoms with Gasteiger partial charge < -0.3 is 10.1 Å². The fourth-order valence-corrected chi connectivity index (χ4v) is 1.78. The van der Waals surface area contributed by atoms with Gasteiger partial charge in [0.05, 0.1) is 6.04 Å². The Labute approximate surface area is 138 Å². The second-order valence-corrected chi connectivity index (χ2v) is 5.91. The molecule has 1 aromatic carbocycles. The van der Waals surface area contributed by atoms with Crippen molar-refractivity contribution < 1.29 is 14.3 Å². The van der Waals surface area contributed by atoms with Crippen LogP contribution in [0.2, 0.25) is 0 Å². The number of carbonyl (C=O) groups is 2. The third-order valence-corrected chi connectivity index (χ3v) is 3.40. The Morgan fingerprint density at radius 1 is 1.17 bits per heavy atom. The Morgan fingerprint density at radius 2 is 1.83 bits per heavy atom. The van der Waals surface area contributed by atoms with Crippen molar-refractivity contribution in [1.82, 2.24) is 15.5 Å². The number of nitrogens with one attached hydrogen (secondary N) is 2. The zero-order chi connectivity index (χ0) is 17.2. The molecule has 0 aliphatic rings. The first-order valence-electron chi connectivity index (χ1n) is 7.87. The van der Waals surface area contributed by atoms with Crippen LogP contribution in [0.1, 0.15) is 20.8 Å². The largest absolute Gasteiger partial charge is 0.492 e. The van der Waals surface area contributed by atoms with Gasteiger partial charge in [0.2, 0.25) is 5.91 Å². The number of hydrogen-bond acceptors (Lipinski definition) is 4. The van der Waals surface area contributed by atoms with Crippen LogP contribution in [-0.2, 0) is 4.79 Å². The first-order valence-corrected chi connectivity index (χ1v) is 7.87. The number of imide groups is 1. The highest BCUT2D eigenvalue weighted by atomic mass is 16.5. The molecule has 0 bridgehead atoms. The number of likely N-dealkylation sites (N-methyl/N-ethyl adjacent to an activating group) is 1. The number of hydrogen-bond donors (Lipinski definition) is 2. The molecule has 6 heteroatoms. The summed E-state index contributed by atoms with van der Waals surface area (Å²) in [4.78, 5) is 25.5. The topological polar surface area (TPSA) is 70.7 Å². The average Bonchev–Trinajstić information content (AvgIpc) is 2.53. The summed E-state index contributed by atoms with van der Waals surface area (Å²) in [5.74, 6) is 0.811. The molecule has 2 N–H and O–H groups in total. The molecule has 0 radical (unpaired) electrons. The van der Waals surface area contributed by atoms with Gasteiger partial charge in [0, 0.05) is 13.1 Å². The van der Waals surface area contributed by atoms with Gasteiger partial charge in [-0.3, -0.25) is 15.0 Å². The molecule has 0 saturated heterocycles. The number of benzene rings is 1. The quantitative estimate of drug-likeness (QED) is 0.767. The van der Waals surface area contributed by atoms with E-state index in [1.165, 1.54) is 0 Å². The molecule has 1 atom stereocenters. The van der Waals surface area contributed by atoms with Gasteiger partial charge in [-0.1, -0.05) is 32.0 Å². The Kier molecular flexibility index (Phi) is 8.11. The number of carbonyl (C=O) groups excluding carboxylic acids is 2. The second-order valence-electron chi connectivity index (χ2n) is 5.91. The second kappa shape index (κ2) is 9.84. The van der Waals surface area contributed by atoms with Crippen LogP contribution in [0.15, 0.2) is 30.3 Å². The zero-order valence-electron chi connectivity index (χ0n) is 14.3. The van der Waals surface area contributed by atoms with E-state index in [9.17, 15) is 9.59 Å². The molecule has 6 nitrogen and oxygen atoms in total. The maximum absolute atomic E-state index is 12.0. The van der Waals surface area contributed by atoms with E-state index in [2.05, 4.69) is 10.6 Å². The first kappa shape index (κ1) is 19.0. The zero-order valence-corrected chi connectivity index (χ0v) is 14.3. The molecule has 3 amide bonds. The van der Waals surface area contributed by atoms with Gasteiger partial charge in [-0.25, -0.2) is 4.79 Å². The van der Waals surface area contributed by atoms with Gasteiger partial charge in [-0.05, 0) is 32.0 Å². The van der Waals surface area contributed by atoms with Crippen LogP contribution in [0.25, 0.3) is 0 Å². The third-order valence-electron chi connectivity index (χ3n) is 3.40. The lowest BCUT2D eigenvalue weighted by Gasteiger charge is -2.23. The molecule has 0 fully saturated rings. The van der Waals surface area contributed by atoms with E-state index in [-0.39, 0.29) is 5.91 Å². The highest BCUT2D eigenvalue weighted by molar-refractivity contribution is 5.96. The highest BCUT2D eigenvalue weighted by Crippen LogP contribution is 2.08. The van der Waals surface area contributed by atoms with E-state index in [0.29, 0.717) is 25.6 Å². The summed E-state index contributed by atoms with van der Waals surface area (Å²) in [6, 6.07) is 8.64. The molecule has 0 aliphatic heterocycles. The molecular weight excluding hydrogens is 294 g/mol. The van der Waals surface area contributed by atoms with Crippen LogP contribution in [-0.4, -0.2) is 49.6 Å². The molecule has 1 aromatic rings. The summed E-state index contributed by atoms with van der Waals surface area (Å²) < 4.78 is 5.60. The van der Waals surface area contributed by atoms with Gasteiger partial charge >= 0.3 is 6.03 Å². The van der Waals surface area contributed by atoms with Crippen LogP contribution in [0.3, 0.4) is 0 Å². The molecule has 1 rings (SSSR count). The van der Waals surface area contributed by atoms with Gasteiger partial charge in [-0.15, -0.1) is 0 Å². The number of rotatable bonds is 8. The van der Waals surface area contributed by atoms with E-state index >= 15 is 0 Å². The molecule has 1 unspecified atom stereocenters. The molecule has 0 heterocycles. The van der Waals surface area contributed by atoms with Crippen molar-refractivity contribution in [2.24, 2.45) is 5.92 Å². The third kappa shape index (κ3) is 7.65. The van der Waals surface area contributed by atoms with Gasteiger partial charge in [0.25, 0.3) is 0 Å². The lowest BCUT2D eigenvalue weighted by Crippen LogP contribution is -2.49. The van der Waals surface area contributed by atoms with E-state index in [0.717, 1.165) is 5.75 Å². The smallest absolute Gasteiger partial charge is 0.321 e. The van der Waals surface area contributed by atoms with Gasteiger partial charge in [-0.2, -0.15) is 0 Å². The molecule has 0 aliphatic carbocycles. The van der Waals surface area contributed by atoms with Crippen LogP contribution in [0.5, 0.6) is 5.75 Å². The van der Waals surface area contributed by atoms with Crippen molar-refractivity contribution in [1.29, 1.82) is 0 Å².